The van der Waals surface area contributed by atoms with Crippen LogP contribution in [0.4, 0.5) is 5.69 Å². The lowest BCUT2D eigenvalue weighted by Gasteiger charge is -2.09. The molecule has 1 heterocycles. The molecule has 0 spiro atoms. The van der Waals surface area contributed by atoms with Crippen molar-refractivity contribution in [1.82, 2.24) is 9.55 Å². The molecule has 0 atom stereocenters. The van der Waals surface area contributed by atoms with Crippen LogP contribution in [0.5, 0.6) is 0 Å². The van der Waals surface area contributed by atoms with Crippen molar-refractivity contribution in [3.05, 3.63) is 77.8 Å². The third-order valence-electron chi connectivity index (χ3n) is 3.03. The molecule has 20 heavy (non-hydrogen) atoms. The number of benzene rings is 2. The first kappa shape index (κ1) is 12.8. The van der Waals surface area contributed by atoms with Crippen molar-refractivity contribution in [2.45, 2.75) is 6.54 Å². The molecular formula is C16H14ClN3. The summed E-state index contributed by atoms with van der Waals surface area (Å²) in [5.41, 5.74) is 3.31. The molecule has 4 heteroatoms. The third kappa shape index (κ3) is 3.00. The molecule has 0 aliphatic heterocycles. The lowest BCUT2D eigenvalue weighted by molar-refractivity contribution is 1.05. The van der Waals surface area contributed by atoms with Crippen LogP contribution < -0.4 is 5.32 Å². The topological polar surface area (TPSA) is 29.9 Å². The van der Waals surface area contributed by atoms with Gasteiger partial charge in [0.2, 0.25) is 0 Å². The van der Waals surface area contributed by atoms with Crippen LogP contribution in [0.3, 0.4) is 0 Å². The van der Waals surface area contributed by atoms with Crippen molar-refractivity contribution < 1.29 is 0 Å². The third-order valence-corrected chi connectivity index (χ3v) is 3.27. The van der Waals surface area contributed by atoms with Crippen molar-refractivity contribution >= 4 is 17.3 Å². The fourth-order valence-corrected chi connectivity index (χ4v) is 2.25. The second-order valence-corrected chi connectivity index (χ2v) is 4.94. The molecule has 0 unspecified atom stereocenters. The fourth-order valence-electron chi connectivity index (χ4n) is 2.04. The fraction of sp³-hybridized carbons (Fsp3) is 0.0625. The van der Waals surface area contributed by atoms with Gasteiger partial charge in [-0.3, -0.25) is 0 Å². The molecule has 2 aromatic carbocycles. The Kier molecular flexibility index (Phi) is 3.70. The molecule has 0 aliphatic rings. The zero-order valence-corrected chi connectivity index (χ0v) is 11.6. The molecule has 3 aromatic rings. The van der Waals surface area contributed by atoms with E-state index in [1.165, 1.54) is 0 Å². The summed E-state index contributed by atoms with van der Waals surface area (Å²) in [7, 11) is 0. The van der Waals surface area contributed by atoms with E-state index in [0.29, 0.717) is 0 Å². The summed E-state index contributed by atoms with van der Waals surface area (Å²) in [5, 5.41) is 4.16. The number of nitrogens with one attached hydrogen (secondary N) is 1. The van der Waals surface area contributed by atoms with E-state index >= 15 is 0 Å². The van der Waals surface area contributed by atoms with Gasteiger partial charge in [0, 0.05) is 35.3 Å². The first-order valence-electron chi connectivity index (χ1n) is 6.38. The number of aromatic nitrogens is 2. The maximum absolute atomic E-state index is 5.98. The highest BCUT2D eigenvalue weighted by Gasteiger charge is 1.99. The van der Waals surface area contributed by atoms with E-state index in [1.54, 1.807) is 12.5 Å². The van der Waals surface area contributed by atoms with Gasteiger partial charge in [0.15, 0.2) is 0 Å². The minimum Gasteiger partial charge on any atom is -0.381 e. The SMILES string of the molecule is Clc1cccc(CNc2cccc(-n3ccnc3)c2)c1. The van der Waals surface area contributed by atoms with Crippen LogP contribution in [-0.2, 0) is 6.54 Å². The molecule has 0 aliphatic carbocycles. The normalized spacial score (nSPS) is 10.4. The van der Waals surface area contributed by atoms with Gasteiger partial charge in [-0.25, -0.2) is 4.98 Å². The van der Waals surface area contributed by atoms with E-state index in [0.717, 1.165) is 28.5 Å². The molecule has 100 valence electrons. The van der Waals surface area contributed by atoms with Crippen LogP contribution >= 0.6 is 11.6 Å². The largest absolute Gasteiger partial charge is 0.381 e. The standard InChI is InChI=1S/C16H14ClN3/c17-14-4-1-3-13(9-14)11-19-15-5-2-6-16(10-15)20-8-7-18-12-20/h1-10,12,19H,11H2. The summed E-state index contributed by atoms with van der Waals surface area (Å²) in [5.74, 6) is 0. The minimum absolute atomic E-state index is 0.744. The molecule has 0 amide bonds. The maximum Gasteiger partial charge on any atom is 0.0991 e. The highest BCUT2D eigenvalue weighted by atomic mass is 35.5. The first-order valence-corrected chi connectivity index (χ1v) is 6.76. The van der Waals surface area contributed by atoms with Gasteiger partial charge < -0.3 is 9.88 Å². The summed E-state index contributed by atoms with van der Waals surface area (Å²) >= 11 is 5.98. The molecule has 0 saturated carbocycles. The number of imidazole rings is 1. The molecule has 1 aromatic heterocycles. The maximum atomic E-state index is 5.98. The molecule has 3 nitrogen and oxygen atoms in total. The van der Waals surface area contributed by atoms with Gasteiger partial charge in [-0.1, -0.05) is 29.8 Å². The molecular weight excluding hydrogens is 270 g/mol. The monoisotopic (exact) mass is 283 g/mol. The van der Waals surface area contributed by atoms with Gasteiger partial charge in [0.1, 0.15) is 0 Å². The van der Waals surface area contributed by atoms with Gasteiger partial charge in [-0.05, 0) is 35.9 Å². The first-order chi connectivity index (χ1) is 9.81. The Morgan fingerprint density at radius 3 is 2.80 bits per heavy atom. The Bertz CT molecular complexity index is 692. The lowest BCUT2D eigenvalue weighted by atomic mass is 10.2. The van der Waals surface area contributed by atoms with Crippen LogP contribution in [-0.4, -0.2) is 9.55 Å². The van der Waals surface area contributed by atoms with E-state index in [1.807, 2.05) is 47.2 Å². The van der Waals surface area contributed by atoms with Crippen molar-refractivity contribution in [3.8, 4) is 5.69 Å². The highest BCUT2D eigenvalue weighted by Crippen LogP contribution is 2.16. The molecule has 0 bridgehead atoms. The minimum atomic E-state index is 0.744. The summed E-state index contributed by atoms with van der Waals surface area (Å²) in [6, 6.07) is 16.1. The molecule has 1 N–H and O–H groups in total. The van der Waals surface area contributed by atoms with Gasteiger partial charge in [-0.15, -0.1) is 0 Å². The summed E-state index contributed by atoms with van der Waals surface area (Å²) in [4.78, 5) is 4.06. The zero-order chi connectivity index (χ0) is 13.8. The number of nitrogens with zero attached hydrogens (tertiary/aromatic N) is 2. The predicted molar refractivity (Wildman–Crippen MR) is 82.3 cm³/mol. The van der Waals surface area contributed by atoms with Crippen molar-refractivity contribution in [1.29, 1.82) is 0 Å². The quantitative estimate of drug-likeness (QED) is 0.780. The predicted octanol–water partition coefficient (Wildman–Crippen LogP) is 4.14. The Morgan fingerprint density at radius 2 is 2.00 bits per heavy atom. The molecule has 3 rings (SSSR count). The van der Waals surface area contributed by atoms with Crippen LogP contribution in [0, 0.1) is 0 Å². The Morgan fingerprint density at radius 1 is 1.10 bits per heavy atom. The van der Waals surface area contributed by atoms with E-state index in [2.05, 4.69) is 22.4 Å². The molecule has 0 fully saturated rings. The van der Waals surface area contributed by atoms with Crippen molar-refractivity contribution in [2.24, 2.45) is 0 Å². The average Bonchev–Trinajstić information content (AvgIpc) is 3.00. The van der Waals surface area contributed by atoms with Crippen LogP contribution in [0.15, 0.2) is 67.3 Å². The van der Waals surface area contributed by atoms with E-state index in [4.69, 9.17) is 11.6 Å². The van der Waals surface area contributed by atoms with Crippen molar-refractivity contribution in [3.63, 3.8) is 0 Å². The smallest absolute Gasteiger partial charge is 0.0991 e. The van der Waals surface area contributed by atoms with E-state index in [-0.39, 0.29) is 0 Å². The van der Waals surface area contributed by atoms with Crippen LogP contribution in [0.2, 0.25) is 5.02 Å². The highest BCUT2D eigenvalue weighted by molar-refractivity contribution is 6.30. The number of hydrogen-bond acceptors (Lipinski definition) is 2. The lowest BCUT2D eigenvalue weighted by Crippen LogP contribution is -2.00. The second kappa shape index (κ2) is 5.80. The summed E-state index contributed by atoms with van der Waals surface area (Å²) in [6.45, 7) is 0.744. The Labute approximate surface area is 122 Å². The summed E-state index contributed by atoms with van der Waals surface area (Å²) in [6.07, 6.45) is 5.48. The summed E-state index contributed by atoms with van der Waals surface area (Å²) < 4.78 is 1.98. The zero-order valence-electron chi connectivity index (χ0n) is 10.8. The van der Waals surface area contributed by atoms with E-state index < -0.39 is 0 Å². The molecule has 0 saturated heterocycles. The van der Waals surface area contributed by atoms with Gasteiger partial charge in [0.25, 0.3) is 0 Å². The van der Waals surface area contributed by atoms with Crippen LogP contribution in [0.1, 0.15) is 5.56 Å². The van der Waals surface area contributed by atoms with Gasteiger partial charge in [-0.2, -0.15) is 0 Å². The molecule has 0 radical (unpaired) electrons. The Balaban J connectivity index is 1.73. The number of anilines is 1. The number of halogens is 1. The number of rotatable bonds is 4. The van der Waals surface area contributed by atoms with Crippen LogP contribution in [0.25, 0.3) is 5.69 Å². The van der Waals surface area contributed by atoms with E-state index in [9.17, 15) is 0 Å². The van der Waals surface area contributed by atoms with Crippen molar-refractivity contribution in [2.75, 3.05) is 5.32 Å². The van der Waals surface area contributed by atoms with Gasteiger partial charge in [0.05, 0.1) is 6.33 Å². The average molecular weight is 284 g/mol. The number of hydrogen-bond donors (Lipinski definition) is 1. The van der Waals surface area contributed by atoms with Gasteiger partial charge >= 0.3 is 0 Å². The Hall–Kier alpha value is -2.26. The second-order valence-electron chi connectivity index (χ2n) is 4.50.